The Bertz CT molecular complexity index is 514. The highest BCUT2D eigenvalue weighted by atomic mass is 79.9. The molecule has 100 valence electrons. The topological polar surface area (TPSA) is 46.2 Å². The second-order valence-electron chi connectivity index (χ2n) is 4.90. The summed E-state index contributed by atoms with van der Waals surface area (Å²) >= 11 is 3.55. The van der Waals surface area contributed by atoms with Gasteiger partial charge in [0.15, 0.2) is 0 Å². The molecule has 1 aromatic rings. The van der Waals surface area contributed by atoms with Gasteiger partial charge in [-0.2, -0.15) is 0 Å². The molecule has 1 aliphatic rings. The Kier molecular flexibility index (Phi) is 4.45. The fraction of sp³-hybridized carbons (Fsp3) is 0.538. The maximum atomic E-state index is 11.3. The summed E-state index contributed by atoms with van der Waals surface area (Å²) in [5.74, 6) is 0.638. The molecule has 1 N–H and O–H groups in total. The van der Waals surface area contributed by atoms with Crippen molar-refractivity contribution in [3.63, 3.8) is 0 Å². The minimum atomic E-state index is -2.76. The first-order valence-electron chi connectivity index (χ1n) is 6.15. The molecule has 0 bridgehead atoms. The van der Waals surface area contributed by atoms with Crippen LogP contribution >= 0.6 is 15.9 Å². The van der Waals surface area contributed by atoms with Crippen LogP contribution in [0.15, 0.2) is 22.7 Å². The predicted molar refractivity (Wildman–Crippen MR) is 77.4 cm³/mol. The molecule has 0 saturated carbocycles. The van der Waals surface area contributed by atoms with Crippen molar-refractivity contribution in [2.75, 3.05) is 11.5 Å². The van der Waals surface area contributed by atoms with Crippen molar-refractivity contribution in [1.82, 2.24) is 5.32 Å². The van der Waals surface area contributed by atoms with E-state index in [0.717, 1.165) is 23.9 Å². The molecule has 0 amide bonds. The highest BCUT2D eigenvalue weighted by molar-refractivity contribution is 9.10. The van der Waals surface area contributed by atoms with Gasteiger partial charge >= 0.3 is 0 Å². The van der Waals surface area contributed by atoms with E-state index in [4.69, 9.17) is 0 Å². The first-order valence-corrected chi connectivity index (χ1v) is 8.76. The molecule has 2 rings (SSSR count). The van der Waals surface area contributed by atoms with Gasteiger partial charge in [0.25, 0.3) is 0 Å². The molecule has 0 spiro atoms. The van der Waals surface area contributed by atoms with Crippen LogP contribution in [0.3, 0.4) is 0 Å². The van der Waals surface area contributed by atoms with E-state index in [2.05, 4.69) is 46.4 Å². The Morgan fingerprint density at radius 2 is 2.00 bits per heavy atom. The standard InChI is InChI=1S/C13H18BrNO2S/c1-10-2-3-11(13(14)8-10)9-15-12-4-6-18(16,17)7-5-12/h2-3,8,12,15H,4-7,9H2,1H3. The van der Waals surface area contributed by atoms with Gasteiger partial charge < -0.3 is 5.32 Å². The first kappa shape index (κ1) is 14.0. The lowest BCUT2D eigenvalue weighted by Gasteiger charge is -2.23. The van der Waals surface area contributed by atoms with Crippen molar-refractivity contribution in [2.24, 2.45) is 0 Å². The molecule has 0 aromatic heterocycles. The normalized spacial score (nSPS) is 19.9. The molecule has 5 heteroatoms. The number of nitrogens with one attached hydrogen (secondary N) is 1. The molecule has 1 aromatic carbocycles. The lowest BCUT2D eigenvalue weighted by atomic mass is 10.1. The Labute approximate surface area is 117 Å². The number of hydrogen-bond acceptors (Lipinski definition) is 3. The molecule has 1 fully saturated rings. The molecule has 18 heavy (non-hydrogen) atoms. The third-order valence-electron chi connectivity index (χ3n) is 3.34. The summed E-state index contributed by atoms with van der Waals surface area (Å²) in [7, 11) is -2.76. The number of hydrogen-bond donors (Lipinski definition) is 1. The average Bonchev–Trinajstić information content (AvgIpc) is 2.29. The van der Waals surface area contributed by atoms with Crippen LogP contribution in [0.1, 0.15) is 24.0 Å². The van der Waals surface area contributed by atoms with Gasteiger partial charge in [-0.05, 0) is 37.0 Å². The molecular formula is C13H18BrNO2S. The molecule has 0 radical (unpaired) electrons. The lowest BCUT2D eigenvalue weighted by molar-refractivity contribution is 0.462. The third kappa shape index (κ3) is 3.80. The van der Waals surface area contributed by atoms with Crippen LogP contribution in [0.5, 0.6) is 0 Å². The van der Waals surface area contributed by atoms with Gasteiger partial charge in [0.2, 0.25) is 0 Å². The van der Waals surface area contributed by atoms with Crippen molar-refractivity contribution >= 4 is 25.8 Å². The quantitative estimate of drug-likeness (QED) is 0.925. The predicted octanol–water partition coefficient (Wildman–Crippen LogP) is 2.42. The second-order valence-corrected chi connectivity index (χ2v) is 8.06. The Hall–Kier alpha value is -0.390. The van der Waals surface area contributed by atoms with Crippen LogP contribution in [-0.4, -0.2) is 26.0 Å². The van der Waals surface area contributed by atoms with Crippen LogP contribution in [0.4, 0.5) is 0 Å². The zero-order valence-electron chi connectivity index (χ0n) is 10.4. The van der Waals surface area contributed by atoms with Crippen LogP contribution in [0.25, 0.3) is 0 Å². The fourth-order valence-electron chi connectivity index (χ4n) is 2.14. The minimum absolute atomic E-state index is 0.319. The fourth-order valence-corrected chi connectivity index (χ4v) is 4.27. The maximum Gasteiger partial charge on any atom is 0.150 e. The van der Waals surface area contributed by atoms with E-state index in [1.165, 1.54) is 11.1 Å². The van der Waals surface area contributed by atoms with Crippen LogP contribution < -0.4 is 5.32 Å². The van der Waals surface area contributed by atoms with Gasteiger partial charge in [-0.3, -0.25) is 0 Å². The third-order valence-corrected chi connectivity index (χ3v) is 5.80. The zero-order valence-corrected chi connectivity index (χ0v) is 12.9. The number of benzene rings is 1. The molecule has 0 atom stereocenters. The monoisotopic (exact) mass is 331 g/mol. The van der Waals surface area contributed by atoms with Gasteiger partial charge in [0.05, 0.1) is 11.5 Å². The molecular weight excluding hydrogens is 314 g/mol. The summed E-state index contributed by atoms with van der Waals surface area (Å²) in [6.07, 6.45) is 1.46. The van der Waals surface area contributed by atoms with Gasteiger partial charge in [-0.25, -0.2) is 8.42 Å². The molecule has 0 unspecified atom stereocenters. The van der Waals surface area contributed by atoms with E-state index in [-0.39, 0.29) is 0 Å². The van der Waals surface area contributed by atoms with Crippen molar-refractivity contribution in [3.05, 3.63) is 33.8 Å². The number of rotatable bonds is 3. The van der Waals surface area contributed by atoms with Crippen molar-refractivity contribution in [2.45, 2.75) is 32.4 Å². The van der Waals surface area contributed by atoms with E-state index in [1.807, 2.05) is 0 Å². The van der Waals surface area contributed by atoms with E-state index >= 15 is 0 Å². The van der Waals surface area contributed by atoms with Crippen molar-refractivity contribution < 1.29 is 8.42 Å². The summed E-state index contributed by atoms with van der Waals surface area (Å²) in [6, 6.07) is 6.61. The smallest absolute Gasteiger partial charge is 0.150 e. The van der Waals surface area contributed by atoms with Gasteiger partial charge in [0.1, 0.15) is 9.84 Å². The Balaban J connectivity index is 1.89. The average molecular weight is 332 g/mol. The van der Waals surface area contributed by atoms with Crippen molar-refractivity contribution in [1.29, 1.82) is 0 Å². The van der Waals surface area contributed by atoms with Gasteiger partial charge in [-0.1, -0.05) is 28.1 Å². The number of sulfone groups is 1. The zero-order chi connectivity index (χ0) is 13.2. The Morgan fingerprint density at radius 1 is 1.33 bits per heavy atom. The SMILES string of the molecule is Cc1ccc(CNC2CCS(=O)(=O)CC2)c(Br)c1. The van der Waals surface area contributed by atoms with Gasteiger partial charge in [0, 0.05) is 17.1 Å². The summed E-state index contributed by atoms with van der Waals surface area (Å²) in [4.78, 5) is 0. The lowest BCUT2D eigenvalue weighted by Crippen LogP contribution is -2.37. The largest absolute Gasteiger partial charge is 0.310 e. The summed E-state index contributed by atoms with van der Waals surface area (Å²) in [5.41, 5.74) is 2.45. The van der Waals surface area contributed by atoms with E-state index < -0.39 is 9.84 Å². The first-order chi connectivity index (χ1) is 8.46. The molecule has 0 aliphatic carbocycles. The Morgan fingerprint density at radius 3 is 2.61 bits per heavy atom. The van der Waals surface area contributed by atoms with E-state index in [1.54, 1.807) is 0 Å². The van der Waals surface area contributed by atoms with E-state index in [9.17, 15) is 8.42 Å². The van der Waals surface area contributed by atoms with E-state index in [0.29, 0.717) is 17.5 Å². The van der Waals surface area contributed by atoms with Crippen LogP contribution in [0, 0.1) is 6.92 Å². The maximum absolute atomic E-state index is 11.3. The summed E-state index contributed by atoms with van der Waals surface area (Å²) < 4.78 is 23.8. The molecule has 1 aliphatic heterocycles. The highest BCUT2D eigenvalue weighted by Crippen LogP contribution is 2.19. The van der Waals surface area contributed by atoms with Gasteiger partial charge in [-0.15, -0.1) is 0 Å². The number of aryl methyl sites for hydroxylation is 1. The minimum Gasteiger partial charge on any atom is -0.310 e. The van der Waals surface area contributed by atoms with Crippen molar-refractivity contribution in [3.8, 4) is 0 Å². The number of halogens is 1. The summed E-state index contributed by atoms with van der Waals surface area (Å²) in [5, 5.41) is 3.44. The summed E-state index contributed by atoms with van der Waals surface area (Å²) in [6.45, 7) is 2.85. The highest BCUT2D eigenvalue weighted by Gasteiger charge is 2.23. The van der Waals surface area contributed by atoms with Crippen LogP contribution in [0.2, 0.25) is 0 Å². The molecule has 1 heterocycles. The molecule has 1 saturated heterocycles. The molecule has 3 nitrogen and oxygen atoms in total. The second kappa shape index (κ2) is 5.72. The van der Waals surface area contributed by atoms with Crippen LogP contribution in [-0.2, 0) is 16.4 Å².